The summed E-state index contributed by atoms with van der Waals surface area (Å²) in [5, 5.41) is 3.65. The molecule has 0 heterocycles. The molecule has 3 heteroatoms. The highest BCUT2D eigenvalue weighted by molar-refractivity contribution is 5.30. The first kappa shape index (κ1) is 15.3. The summed E-state index contributed by atoms with van der Waals surface area (Å²) in [7, 11) is 1.71. The molecule has 1 aromatic rings. The Morgan fingerprint density at radius 1 is 1.20 bits per heavy atom. The minimum Gasteiger partial charge on any atom is -0.497 e. The Kier molecular flexibility index (Phi) is 6.34. The Hall–Kier alpha value is -1.06. The van der Waals surface area contributed by atoms with E-state index in [-0.39, 0.29) is 0 Å². The smallest absolute Gasteiger partial charge is 0.118 e. The van der Waals surface area contributed by atoms with Crippen LogP contribution in [0, 0.1) is 5.92 Å². The average molecular weight is 277 g/mol. The molecule has 1 aromatic carbocycles. The lowest BCUT2D eigenvalue weighted by Gasteiger charge is -2.19. The predicted molar refractivity (Wildman–Crippen MR) is 82.2 cm³/mol. The summed E-state index contributed by atoms with van der Waals surface area (Å²) >= 11 is 0. The highest BCUT2D eigenvalue weighted by Crippen LogP contribution is 2.41. The first-order valence-electron chi connectivity index (χ1n) is 7.80. The highest BCUT2D eigenvalue weighted by atomic mass is 16.5. The van der Waals surface area contributed by atoms with Crippen LogP contribution < -0.4 is 10.1 Å². The van der Waals surface area contributed by atoms with Crippen LogP contribution in [0.5, 0.6) is 5.75 Å². The monoisotopic (exact) mass is 277 g/mol. The molecule has 1 aliphatic carbocycles. The number of benzene rings is 1. The Bertz CT molecular complexity index is 373. The summed E-state index contributed by atoms with van der Waals surface area (Å²) in [5.41, 5.74) is 1.36. The molecule has 0 radical (unpaired) electrons. The first-order valence-corrected chi connectivity index (χ1v) is 7.80. The van der Waals surface area contributed by atoms with Gasteiger partial charge in [0.2, 0.25) is 0 Å². The lowest BCUT2D eigenvalue weighted by Crippen LogP contribution is -2.27. The van der Waals surface area contributed by atoms with Crippen LogP contribution >= 0.6 is 0 Å². The summed E-state index contributed by atoms with van der Waals surface area (Å²) in [6.07, 6.45) is 5.02. The van der Waals surface area contributed by atoms with Gasteiger partial charge in [-0.15, -0.1) is 0 Å². The van der Waals surface area contributed by atoms with Crippen molar-refractivity contribution in [3.05, 3.63) is 29.8 Å². The molecule has 0 aromatic heterocycles. The summed E-state index contributed by atoms with van der Waals surface area (Å²) < 4.78 is 10.8. The minimum atomic E-state index is 0.468. The van der Waals surface area contributed by atoms with E-state index in [1.165, 1.54) is 24.8 Å². The zero-order valence-corrected chi connectivity index (χ0v) is 12.7. The van der Waals surface area contributed by atoms with E-state index < -0.39 is 0 Å². The van der Waals surface area contributed by atoms with Crippen LogP contribution in [0.15, 0.2) is 24.3 Å². The van der Waals surface area contributed by atoms with Crippen LogP contribution in [0.3, 0.4) is 0 Å². The number of ether oxygens (including phenoxy) is 2. The molecule has 3 nitrogen and oxygen atoms in total. The number of nitrogens with one attached hydrogen (secondary N) is 1. The number of hydrogen-bond acceptors (Lipinski definition) is 3. The topological polar surface area (TPSA) is 30.5 Å². The van der Waals surface area contributed by atoms with Gasteiger partial charge in [-0.25, -0.2) is 0 Å². The molecule has 112 valence electrons. The van der Waals surface area contributed by atoms with E-state index >= 15 is 0 Å². The third kappa shape index (κ3) is 4.80. The van der Waals surface area contributed by atoms with E-state index in [9.17, 15) is 0 Å². The lowest BCUT2D eigenvalue weighted by atomic mass is 10.0. The molecular formula is C17H27NO2. The molecule has 1 fully saturated rings. The number of unbranched alkanes of at least 4 members (excludes halogenated alkanes) is 1. The van der Waals surface area contributed by atoms with E-state index in [1.54, 1.807) is 7.11 Å². The maximum absolute atomic E-state index is 5.61. The molecule has 1 aliphatic rings. The predicted octanol–water partition coefficient (Wildman–Crippen LogP) is 3.55. The van der Waals surface area contributed by atoms with Gasteiger partial charge in [-0.2, -0.15) is 0 Å². The van der Waals surface area contributed by atoms with Crippen LogP contribution in [-0.4, -0.2) is 26.9 Å². The summed E-state index contributed by atoms with van der Waals surface area (Å²) in [4.78, 5) is 0. The van der Waals surface area contributed by atoms with E-state index in [4.69, 9.17) is 9.47 Å². The minimum absolute atomic E-state index is 0.468. The summed E-state index contributed by atoms with van der Waals surface area (Å²) in [6.45, 7) is 4.81. The Balaban J connectivity index is 1.78. The van der Waals surface area contributed by atoms with Crippen molar-refractivity contribution in [3.8, 4) is 5.75 Å². The van der Waals surface area contributed by atoms with Gasteiger partial charge < -0.3 is 14.8 Å². The highest BCUT2D eigenvalue weighted by Gasteiger charge is 2.31. The van der Waals surface area contributed by atoms with Crippen molar-refractivity contribution in [1.82, 2.24) is 5.32 Å². The van der Waals surface area contributed by atoms with Crippen molar-refractivity contribution < 1.29 is 9.47 Å². The maximum atomic E-state index is 5.61. The summed E-state index contributed by atoms with van der Waals surface area (Å²) in [6, 6.07) is 8.91. The van der Waals surface area contributed by atoms with E-state index in [0.29, 0.717) is 6.04 Å². The molecule has 1 atom stereocenters. The van der Waals surface area contributed by atoms with Crippen molar-refractivity contribution in [2.75, 3.05) is 26.9 Å². The third-order valence-electron chi connectivity index (χ3n) is 3.82. The Morgan fingerprint density at radius 3 is 2.55 bits per heavy atom. The van der Waals surface area contributed by atoms with Crippen LogP contribution in [0.25, 0.3) is 0 Å². The van der Waals surface area contributed by atoms with Crippen LogP contribution in [-0.2, 0) is 4.74 Å². The van der Waals surface area contributed by atoms with Gasteiger partial charge in [-0.1, -0.05) is 25.5 Å². The molecule has 0 saturated heterocycles. The number of rotatable bonds is 10. The van der Waals surface area contributed by atoms with E-state index in [0.717, 1.165) is 37.8 Å². The molecule has 1 N–H and O–H groups in total. The van der Waals surface area contributed by atoms with Crippen molar-refractivity contribution in [2.45, 2.75) is 38.6 Å². The fourth-order valence-electron chi connectivity index (χ4n) is 2.43. The molecule has 2 rings (SSSR count). The maximum Gasteiger partial charge on any atom is 0.118 e. The fraction of sp³-hybridized carbons (Fsp3) is 0.647. The van der Waals surface area contributed by atoms with Crippen LogP contribution in [0.1, 0.15) is 44.2 Å². The van der Waals surface area contributed by atoms with Crippen molar-refractivity contribution >= 4 is 0 Å². The van der Waals surface area contributed by atoms with Gasteiger partial charge in [-0.3, -0.25) is 0 Å². The second-order valence-corrected chi connectivity index (χ2v) is 5.51. The van der Waals surface area contributed by atoms with Gasteiger partial charge in [0.05, 0.1) is 13.7 Å². The number of methoxy groups -OCH3 is 1. The van der Waals surface area contributed by atoms with Crippen molar-refractivity contribution in [1.29, 1.82) is 0 Å². The van der Waals surface area contributed by atoms with Gasteiger partial charge in [0, 0.05) is 19.2 Å². The van der Waals surface area contributed by atoms with Gasteiger partial charge in [0.15, 0.2) is 0 Å². The summed E-state index contributed by atoms with van der Waals surface area (Å²) in [5.74, 6) is 1.71. The lowest BCUT2D eigenvalue weighted by molar-refractivity contribution is 0.130. The molecule has 1 unspecified atom stereocenters. The SMILES string of the molecule is CCCCOCCNC(c1ccc(OC)cc1)C1CC1. The second kappa shape index (κ2) is 8.28. The quantitative estimate of drug-likeness (QED) is 0.663. The molecule has 1 saturated carbocycles. The zero-order valence-electron chi connectivity index (χ0n) is 12.7. The average Bonchev–Trinajstić information content (AvgIpc) is 3.31. The van der Waals surface area contributed by atoms with E-state index in [1.807, 2.05) is 12.1 Å². The zero-order chi connectivity index (χ0) is 14.2. The molecule has 0 amide bonds. The van der Waals surface area contributed by atoms with Gasteiger partial charge in [0.1, 0.15) is 5.75 Å². The Labute approximate surface area is 122 Å². The molecule has 0 spiro atoms. The van der Waals surface area contributed by atoms with Crippen LogP contribution in [0.2, 0.25) is 0 Å². The van der Waals surface area contributed by atoms with Gasteiger partial charge in [-0.05, 0) is 42.9 Å². The third-order valence-corrected chi connectivity index (χ3v) is 3.82. The van der Waals surface area contributed by atoms with E-state index in [2.05, 4.69) is 24.4 Å². The van der Waals surface area contributed by atoms with Crippen molar-refractivity contribution in [3.63, 3.8) is 0 Å². The molecule has 20 heavy (non-hydrogen) atoms. The fourth-order valence-corrected chi connectivity index (χ4v) is 2.43. The largest absolute Gasteiger partial charge is 0.497 e. The normalized spacial score (nSPS) is 16.1. The molecular weight excluding hydrogens is 250 g/mol. The van der Waals surface area contributed by atoms with Gasteiger partial charge in [0.25, 0.3) is 0 Å². The Morgan fingerprint density at radius 2 is 1.95 bits per heavy atom. The molecule has 0 bridgehead atoms. The van der Waals surface area contributed by atoms with Crippen LogP contribution in [0.4, 0.5) is 0 Å². The standard InChI is InChI=1S/C17H27NO2/c1-3-4-12-20-13-11-18-17(14-5-6-14)15-7-9-16(19-2)10-8-15/h7-10,14,17-18H,3-6,11-13H2,1-2H3. The second-order valence-electron chi connectivity index (χ2n) is 5.51. The first-order chi connectivity index (χ1) is 9.85. The van der Waals surface area contributed by atoms with Crippen molar-refractivity contribution in [2.24, 2.45) is 5.92 Å². The van der Waals surface area contributed by atoms with Gasteiger partial charge >= 0.3 is 0 Å². The number of hydrogen-bond donors (Lipinski definition) is 1. The molecule has 0 aliphatic heterocycles.